The molecule has 3 heteroatoms. The SMILES string of the molecule is CCc1ccc(CC)c(C(O)c2c(Cl)cccc2Cl)c1. The first-order valence-corrected chi connectivity index (χ1v) is 7.57. The molecule has 106 valence electrons. The van der Waals surface area contributed by atoms with Crippen molar-refractivity contribution < 1.29 is 5.11 Å². The lowest BCUT2D eigenvalue weighted by Gasteiger charge is -2.19. The molecule has 1 atom stereocenters. The molecule has 20 heavy (non-hydrogen) atoms. The van der Waals surface area contributed by atoms with E-state index in [2.05, 4.69) is 26.0 Å². The average molecular weight is 309 g/mol. The summed E-state index contributed by atoms with van der Waals surface area (Å²) in [5.41, 5.74) is 3.78. The number of rotatable bonds is 4. The third kappa shape index (κ3) is 3.01. The second kappa shape index (κ2) is 6.62. The van der Waals surface area contributed by atoms with Crippen molar-refractivity contribution in [3.63, 3.8) is 0 Å². The predicted octanol–water partition coefficient (Wildman–Crippen LogP) is 5.20. The van der Waals surface area contributed by atoms with Crippen molar-refractivity contribution in [3.8, 4) is 0 Å². The van der Waals surface area contributed by atoms with E-state index in [1.165, 1.54) is 5.56 Å². The van der Waals surface area contributed by atoms with Crippen molar-refractivity contribution in [2.24, 2.45) is 0 Å². The molecule has 0 radical (unpaired) electrons. The number of halogens is 2. The van der Waals surface area contributed by atoms with Crippen LogP contribution in [0.1, 0.15) is 42.2 Å². The minimum Gasteiger partial charge on any atom is -0.384 e. The van der Waals surface area contributed by atoms with Crippen molar-refractivity contribution in [2.75, 3.05) is 0 Å². The highest BCUT2D eigenvalue weighted by molar-refractivity contribution is 6.36. The lowest BCUT2D eigenvalue weighted by molar-refractivity contribution is 0.219. The van der Waals surface area contributed by atoms with Crippen LogP contribution < -0.4 is 0 Å². The zero-order valence-electron chi connectivity index (χ0n) is 11.7. The molecule has 0 aromatic heterocycles. The average Bonchev–Trinajstić information content (AvgIpc) is 2.46. The monoisotopic (exact) mass is 308 g/mol. The molecule has 0 amide bonds. The maximum Gasteiger partial charge on any atom is 0.107 e. The Morgan fingerprint density at radius 2 is 1.65 bits per heavy atom. The zero-order valence-corrected chi connectivity index (χ0v) is 13.2. The summed E-state index contributed by atoms with van der Waals surface area (Å²) in [6.07, 6.45) is 0.996. The van der Waals surface area contributed by atoms with E-state index in [0.717, 1.165) is 24.0 Å². The third-order valence-electron chi connectivity index (χ3n) is 3.57. The van der Waals surface area contributed by atoms with Gasteiger partial charge in [0, 0.05) is 15.6 Å². The molecule has 1 nitrogen and oxygen atoms in total. The Morgan fingerprint density at radius 1 is 1.00 bits per heavy atom. The van der Waals surface area contributed by atoms with Crippen LogP contribution in [0.4, 0.5) is 0 Å². The predicted molar refractivity (Wildman–Crippen MR) is 85.7 cm³/mol. The molecule has 1 unspecified atom stereocenters. The Hall–Kier alpha value is -1.02. The van der Waals surface area contributed by atoms with E-state index in [9.17, 15) is 5.11 Å². The molecule has 0 fully saturated rings. The fourth-order valence-electron chi connectivity index (χ4n) is 2.37. The van der Waals surface area contributed by atoms with Crippen LogP contribution in [0.5, 0.6) is 0 Å². The summed E-state index contributed by atoms with van der Waals surface area (Å²) in [4.78, 5) is 0. The van der Waals surface area contributed by atoms with Crippen LogP contribution in [0.3, 0.4) is 0 Å². The quantitative estimate of drug-likeness (QED) is 0.823. The molecular formula is C17H18Cl2O. The van der Waals surface area contributed by atoms with Crippen molar-refractivity contribution in [1.29, 1.82) is 0 Å². The van der Waals surface area contributed by atoms with Crippen molar-refractivity contribution in [3.05, 3.63) is 68.7 Å². The maximum atomic E-state index is 10.7. The number of hydrogen-bond donors (Lipinski definition) is 1. The van der Waals surface area contributed by atoms with Crippen molar-refractivity contribution in [1.82, 2.24) is 0 Å². The van der Waals surface area contributed by atoms with E-state index in [0.29, 0.717) is 15.6 Å². The van der Waals surface area contributed by atoms with Gasteiger partial charge in [-0.2, -0.15) is 0 Å². The lowest BCUT2D eigenvalue weighted by Crippen LogP contribution is -2.06. The summed E-state index contributed by atoms with van der Waals surface area (Å²) >= 11 is 12.4. The first-order valence-electron chi connectivity index (χ1n) is 6.82. The molecular weight excluding hydrogens is 291 g/mol. The van der Waals surface area contributed by atoms with Gasteiger partial charge < -0.3 is 5.11 Å². The second-order valence-corrected chi connectivity index (χ2v) is 5.59. The van der Waals surface area contributed by atoms with Gasteiger partial charge in [-0.15, -0.1) is 0 Å². The Balaban J connectivity index is 2.55. The lowest BCUT2D eigenvalue weighted by atomic mass is 9.93. The number of aliphatic hydroxyl groups is 1. The van der Waals surface area contributed by atoms with Crippen molar-refractivity contribution in [2.45, 2.75) is 32.8 Å². The molecule has 1 N–H and O–H groups in total. The summed E-state index contributed by atoms with van der Waals surface area (Å²) in [6, 6.07) is 11.5. The topological polar surface area (TPSA) is 20.2 Å². The van der Waals surface area contributed by atoms with Crippen LogP contribution in [0.25, 0.3) is 0 Å². The Morgan fingerprint density at radius 3 is 2.20 bits per heavy atom. The molecule has 0 aliphatic rings. The molecule has 2 aromatic carbocycles. The first-order chi connectivity index (χ1) is 9.58. The van der Waals surface area contributed by atoms with E-state index >= 15 is 0 Å². The number of benzene rings is 2. The van der Waals surface area contributed by atoms with Gasteiger partial charge in [-0.05, 0) is 41.7 Å². The molecule has 2 aromatic rings. The minimum atomic E-state index is -0.794. The fraction of sp³-hybridized carbons (Fsp3) is 0.294. The van der Waals surface area contributed by atoms with Crippen LogP contribution in [0.15, 0.2) is 36.4 Å². The minimum absolute atomic E-state index is 0.494. The molecule has 0 spiro atoms. The van der Waals surface area contributed by atoms with E-state index in [-0.39, 0.29) is 0 Å². The largest absolute Gasteiger partial charge is 0.384 e. The van der Waals surface area contributed by atoms with Gasteiger partial charge in [-0.25, -0.2) is 0 Å². The summed E-state index contributed by atoms with van der Waals surface area (Å²) < 4.78 is 0. The number of aryl methyl sites for hydroxylation is 2. The molecule has 0 aliphatic carbocycles. The number of aliphatic hydroxyl groups excluding tert-OH is 1. The molecule has 0 aliphatic heterocycles. The van der Waals surface area contributed by atoms with Gasteiger partial charge in [-0.3, -0.25) is 0 Å². The Bertz CT molecular complexity index is 588. The van der Waals surface area contributed by atoms with E-state index < -0.39 is 6.10 Å². The van der Waals surface area contributed by atoms with Gasteiger partial charge >= 0.3 is 0 Å². The normalized spacial score (nSPS) is 12.4. The highest BCUT2D eigenvalue weighted by atomic mass is 35.5. The maximum absolute atomic E-state index is 10.7. The third-order valence-corrected chi connectivity index (χ3v) is 4.23. The van der Waals surface area contributed by atoms with Crippen LogP contribution in [-0.2, 0) is 12.8 Å². The van der Waals surface area contributed by atoms with Gasteiger partial charge in [-0.1, -0.05) is 61.3 Å². The van der Waals surface area contributed by atoms with Gasteiger partial charge in [0.25, 0.3) is 0 Å². The van der Waals surface area contributed by atoms with Crippen LogP contribution >= 0.6 is 23.2 Å². The van der Waals surface area contributed by atoms with Crippen molar-refractivity contribution >= 4 is 23.2 Å². The highest BCUT2D eigenvalue weighted by Crippen LogP contribution is 2.35. The summed E-state index contributed by atoms with van der Waals surface area (Å²) in [5, 5.41) is 11.7. The van der Waals surface area contributed by atoms with E-state index in [1.54, 1.807) is 18.2 Å². The van der Waals surface area contributed by atoms with E-state index in [1.807, 2.05) is 6.07 Å². The van der Waals surface area contributed by atoms with Gasteiger partial charge in [0.1, 0.15) is 6.10 Å². The Labute approximate surface area is 130 Å². The molecule has 0 heterocycles. The Kier molecular flexibility index (Phi) is 5.09. The second-order valence-electron chi connectivity index (χ2n) is 4.78. The first kappa shape index (κ1) is 15.4. The summed E-state index contributed by atoms with van der Waals surface area (Å²) in [6.45, 7) is 4.17. The summed E-state index contributed by atoms with van der Waals surface area (Å²) in [5.74, 6) is 0. The zero-order chi connectivity index (χ0) is 14.7. The molecule has 0 saturated heterocycles. The van der Waals surface area contributed by atoms with Crippen LogP contribution in [0, 0.1) is 0 Å². The number of hydrogen-bond acceptors (Lipinski definition) is 1. The van der Waals surface area contributed by atoms with Gasteiger partial charge in [0.05, 0.1) is 0 Å². The molecule has 2 rings (SSSR count). The van der Waals surface area contributed by atoms with Gasteiger partial charge in [0.15, 0.2) is 0 Å². The van der Waals surface area contributed by atoms with E-state index in [4.69, 9.17) is 23.2 Å². The molecule has 0 bridgehead atoms. The van der Waals surface area contributed by atoms with Gasteiger partial charge in [0.2, 0.25) is 0 Å². The van der Waals surface area contributed by atoms with Crippen LogP contribution in [-0.4, -0.2) is 5.11 Å². The standard InChI is InChI=1S/C17H18Cl2O/c1-3-11-8-9-12(4-2)13(10-11)17(20)16-14(18)6-5-7-15(16)19/h5-10,17,20H,3-4H2,1-2H3. The molecule has 0 saturated carbocycles. The summed E-state index contributed by atoms with van der Waals surface area (Å²) in [7, 11) is 0. The smallest absolute Gasteiger partial charge is 0.107 e. The fourth-order valence-corrected chi connectivity index (χ4v) is 2.97. The van der Waals surface area contributed by atoms with Crippen LogP contribution in [0.2, 0.25) is 10.0 Å². The highest BCUT2D eigenvalue weighted by Gasteiger charge is 2.19.